The van der Waals surface area contributed by atoms with Gasteiger partial charge >= 0.3 is 0 Å². The fourth-order valence-electron chi connectivity index (χ4n) is 3.80. The van der Waals surface area contributed by atoms with Crippen LogP contribution in [0.1, 0.15) is 22.3 Å². The van der Waals surface area contributed by atoms with Crippen molar-refractivity contribution in [1.82, 2.24) is 15.2 Å². The Morgan fingerprint density at radius 3 is 2.52 bits per heavy atom. The summed E-state index contributed by atoms with van der Waals surface area (Å²) in [5.74, 6) is -0.572. The maximum absolute atomic E-state index is 13.4. The molecule has 4 rings (SSSR count). The maximum Gasteiger partial charge on any atom is 0.255 e. The first kappa shape index (κ1) is 21.0. The van der Waals surface area contributed by atoms with Gasteiger partial charge in [0.15, 0.2) is 0 Å². The molecule has 2 aromatic carbocycles. The number of carbonyl (C=O) groups excluding carboxylic acids is 2. The average molecular weight is 436 g/mol. The van der Waals surface area contributed by atoms with Crippen LogP contribution in [0, 0.1) is 0 Å². The Morgan fingerprint density at radius 2 is 1.77 bits per heavy atom. The van der Waals surface area contributed by atoms with E-state index in [1.54, 1.807) is 36.7 Å². The zero-order valence-corrected chi connectivity index (χ0v) is 17.5. The molecule has 2 atom stereocenters. The second-order valence-corrected chi connectivity index (χ2v) is 7.93. The van der Waals surface area contributed by atoms with Gasteiger partial charge in [-0.1, -0.05) is 41.9 Å². The van der Waals surface area contributed by atoms with Crippen LogP contribution < -0.4 is 5.32 Å². The predicted molar refractivity (Wildman–Crippen MR) is 118 cm³/mol. The minimum atomic E-state index is -0.747. The number of pyridine rings is 1. The lowest BCUT2D eigenvalue weighted by Crippen LogP contribution is -2.45. The van der Waals surface area contributed by atoms with E-state index in [4.69, 9.17) is 11.6 Å². The third-order valence-electron chi connectivity index (χ3n) is 5.37. The first-order valence-corrected chi connectivity index (χ1v) is 10.4. The second kappa shape index (κ2) is 9.29. The number of hydrogen-bond donors (Lipinski definition) is 2. The standard InChI is InChI=1S/C24H22ClN3O3/c25-18-7-5-16(6-8-18)14-27-23(30)22-13-19(29)15-28(22)24(31)21-4-2-1-3-20(21)17-9-11-26-12-10-17/h1-12,19,22,29H,13-15H2,(H,27,30)/t19-,22+/m1/s1. The van der Waals surface area contributed by atoms with E-state index in [0.717, 1.165) is 16.7 Å². The number of nitrogens with one attached hydrogen (secondary N) is 1. The predicted octanol–water partition coefficient (Wildman–Crippen LogP) is 3.29. The molecule has 1 fully saturated rings. The minimum Gasteiger partial charge on any atom is -0.391 e. The lowest BCUT2D eigenvalue weighted by Gasteiger charge is -2.25. The van der Waals surface area contributed by atoms with Crippen molar-refractivity contribution in [2.24, 2.45) is 0 Å². The topological polar surface area (TPSA) is 82.5 Å². The molecule has 158 valence electrons. The van der Waals surface area contributed by atoms with Gasteiger partial charge in [0.05, 0.1) is 6.10 Å². The van der Waals surface area contributed by atoms with Crippen molar-refractivity contribution in [2.75, 3.05) is 6.54 Å². The van der Waals surface area contributed by atoms with Crippen molar-refractivity contribution in [1.29, 1.82) is 0 Å². The molecule has 2 amide bonds. The highest BCUT2D eigenvalue weighted by atomic mass is 35.5. The summed E-state index contributed by atoms with van der Waals surface area (Å²) in [6.45, 7) is 0.431. The average Bonchev–Trinajstić information content (AvgIpc) is 3.20. The van der Waals surface area contributed by atoms with Crippen LogP contribution >= 0.6 is 11.6 Å². The number of likely N-dealkylation sites (tertiary alicyclic amines) is 1. The number of β-amino-alcohol motifs (C(OH)–C–C–N with tert-alkyl or cyclic N) is 1. The maximum atomic E-state index is 13.4. The van der Waals surface area contributed by atoms with Crippen LogP contribution in [-0.2, 0) is 11.3 Å². The monoisotopic (exact) mass is 435 g/mol. The van der Waals surface area contributed by atoms with Crippen molar-refractivity contribution in [2.45, 2.75) is 25.1 Å². The number of hydrogen-bond acceptors (Lipinski definition) is 4. The smallest absolute Gasteiger partial charge is 0.255 e. The number of nitrogens with zero attached hydrogens (tertiary/aromatic N) is 2. The first-order chi connectivity index (χ1) is 15.0. The Morgan fingerprint density at radius 1 is 1.06 bits per heavy atom. The zero-order chi connectivity index (χ0) is 21.8. The van der Waals surface area contributed by atoms with E-state index in [9.17, 15) is 14.7 Å². The molecule has 0 spiro atoms. The van der Waals surface area contributed by atoms with E-state index in [1.165, 1.54) is 4.90 Å². The summed E-state index contributed by atoms with van der Waals surface area (Å²) >= 11 is 5.90. The van der Waals surface area contributed by atoms with Gasteiger partial charge in [-0.15, -0.1) is 0 Å². The number of benzene rings is 2. The number of halogens is 1. The van der Waals surface area contributed by atoms with E-state index in [1.807, 2.05) is 36.4 Å². The molecule has 0 aliphatic carbocycles. The lowest BCUT2D eigenvalue weighted by atomic mass is 9.99. The quantitative estimate of drug-likeness (QED) is 0.644. The number of aliphatic hydroxyl groups excluding tert-OH is 1. The Kier molecular flexibility index (Phi) is 6.30. The molecule has 0 bridgehead atoms. The molecule has 1 aliphatic heterocycles. The van der Waals surface area contributed by atoms with Crippen molar-refractivity contribution in [3.8, 4) is 11.1 Å². The number of aromatic nitrogens is 1. The van der Waals surface area contributed by atoms with Crippen LogP contribution in [0.2, 0.25) is 5.02 Å². The lowest BCUT2D eigenvalue weighted by molar-refractivity contribution is -0.125. The Labute approximate surface area is 185 Å². The Bertz CT molecular complexity index is 1070. The molecule has 1 saturated heterocycles. The summed E-state index contributed by atoms with van der Waals surface area (Å²) in [5.41, 5.74) is 3.01. The molecule has 0 unspecified atom stereocenters. The molecule has 0 radical (unpaired) electrons. The molecule has 6 nitrogen and oxygen atoms in total. The van der Waals surface area contributed by atoms with Crippen LogP contribution in [0.15, 0.2) is 73.1 Å². The third kappa shape index (κ3) is 4.76. The van der Waals surface area contributed by atoms with Gasteiger partial charge in [0.25, 0.3) is 5.91 Å². The molecule has 2 heterocycles. The number of amides is 2. The van der Waals surface area contributed by atoms with E-state index in [2.05, 4.69) is 10.3 Å². The summed E-state index contributed by atoms with van der Waals surface area (Å²) < 4.78 is 0. The SMILES string of the molecule is O=C(NCc1ccc(Cl)cc1)[C@@H]1C[C@@H](O)CN1C(=O)c1ccccc1-c1ccncc1. The van der Waals surface area contributed by atoms with Crippen LogP contribution in [0.3, 0.4) is 0 Å². The van der Waals surface area contributed by atoms with Gasteiger partial charge in [0, 0.05) is 42.5 Å². The highest BCUT2D eigenvalue weighted by molar-refractivity contribution is 6.30. The first-order valence-electron chi connectivity index (χ1n) is 10.0. The molecule has 1 aliphatic rings. The van der Waals surface area contributed by atoms with Crippen LogP contribution in [-0.4, -0.2) is 45.5 Å². The third-order valence-corrected chi connectivity index (χ3v) is 5.62. The highest BCUT2D eigenvalue weighted by Gasteiger charge is 2.39. The minimum absolute atomic E-state index is 0.114. The number of carbonyl (C=O) groups is 2. The Balaban J connectivity index is 1.53. The summed E-state index contributed by atoms with van der Waals surface area (Å²) in [5, 5.41) is 13.7. The molecular formula is C24H22ClN3O3. The number of rotatable bonds is 5. The summed E-state index contributed by atoms with van der Waals surface area (Å²) in [4.78, 5) is 31.8. The van der Waals surface area contributed by atoms with Crippen molar-refractivity contribution in [3.63, 3.8) is 0 Å². The van der Waals surface area contributed by atoms with Gasteiger partial charge < -0.3 is 15.3 Å². The van der Waals surface area contributed by atoms with Crippen LogP contribution in [0.25, 0.3) is 11.1 Å². The van der Waals surface area contributed by atoms with Gasteiger partial charge in [-0.3, -0.25) is 14.6 Å². The van der Waals surface area contributed by atoms with E-state index in [-0.39, 0.29) is 24.8 Å². The zero-order valence-electron chi connectivity index (χ0n) is 16.7. The second-order valence-electron chi connectivity index (χ2n) is 7.49. The van der Waals surface area contributed by atoms with Gasteiger partial charge in [0.1, 0.15) is 6.04 Å². The highest BCUT2D eigenvalue weighted by Crippen LogP contribution is 2.27. The number of aliphatic hydroxyl groups is 1. The van der Waals surface area contributed by atoms with Gasteiger partial charge in [-0.2, -0.15) is 0 Å². The molecule has 31 heavy (non-hydrogen) atoms. The fraction of sp³-hybridized carbons (Fsp3) is 0.208. The molecule has 0 saturated carbocycles. The molecule has 1 aromatic heterocycles. The molecular weight excluding hydrogens is 414 g/mol. The largest absolute Gasteiger partial charge is 0.391 e. The summed E-state index contributed by atoms with van der Waals surface area (Å²) in [7, 11) is 0. The van der Waals surface area contributed by atoms with Gasteiger partial charge in [-0.25, -0.2) is 0 Å². The molecule has 3 aromatic rings. The molecule has 7 heteroatoms. The van der Waals surface area contributed by atoms with Gasteiger partial charge in [-0.05, 0) is 47.0 Å². The van der Waals surface area contributed by atoms with Gasteiger partial charge in [0.2, 0.25) is 5.91 Å². The van der Waals surface area contributed by atoms with E-state index >= 15 is 0 Å². The summed E-state index contributed by atoms with van der Waals surface area (Å²) in [6, 6.07) is 17.4. The molecule has 2 N–H and O–H groups in total. The van der Waals surface area contributed by atoms with Crippen LogP contribution in [0.5, 0.6) is 0 Å². The van der Waals surface area contributed by atoms with Crippen molar-refractivity contribution >= 4 is 23.4 Å². The Hall–Kier alpha value is -3.22. The normalized spacial score (nSPS) is 18.1. The van der Waals surface area contributed by atoms with Crippen molar-refractivity contribution in [3.05, 3.63) is 89.2 Å². The summed E-state index contributed by atoms with van der Waals surface area (Å²) in [6.07, 6.45) is 2.80. The van der Waals surface area contributed by atoms with Crippen molar-refractivity contribution < 1.29 is 14.7 Å². The fourth-order valence-corrected chi connectivity index (χ4v) is 3.93. The van der Waals surface area contributed by atoms with E-state index < -0.39 is 12.1 Å². The van der Waals surface area contributed by atoms with E-state index in [0.29, 0.717) is 17.1 Å². The van der Waals surface area contributed by atoms with Crippen LogP contribution in [0.4, 0.5) is 0 Å².